The van der Waals surface area contributed by atoms with Gasteiger partial charge in [-0.3, -0.25) is 4.79 Å². The van der Waals surface area contributed by atoms with Crippen LogP contribution in [0.15, 0.2) is 78.9 Å². The van der Waals surface area contributed by atoms with Gasteiger partial charge in [0.15, 0.2) is 0 Å². The van der Waals surface area contributed by atoms with Crippen LogP contribution in [-0.2, 0) is 13.0 Å². The average molecular weight is 431 g/mol. The minimum atomic E-state index is -0.146. The predicted octanol–water partition coefficient (Wildman–Crippen LogP) is 5.75. The fraction of sp³-hybridized carbons (Fsp3) is 0.154. The fourth-order valence-corrected chi connectivity index (χ4v) is 3.45. The molecule has 0 saturated carbocycles. The Morgan fingerprint density at radius 3 is 2.45 bits per heavy atom. The van der Waals surface area contributed by atoms with E-state index in [0.717, 1.165) is 28.5 Å². The molecular formula is C26H23ClN2O2. The van der Waals surface area contributed by atoms with E-state index in [1.54, 1.807) is 6.07 Å². The Bertz CT molecular complexity index is 1190. The van der Waals surface area contributed by atoms with Gasteiger partial charge in [0.25, 0.3) is 5.91 Å². The Labute approximate surface area is 186 Å². The first-order chi connectivity index (χ1) is 15.1. The van der Waals surface area contributed by atoms with E-state index in [1.165, 1.54) is 5.56 Å². The summed E-state index contributed by atoms with van der Waals surface area (Å²) in [5.74, 6) is 0.287. The number of aromatic nitrogens is 1. The molecule has 0 aliphatic heterocycles. The molecule has 156 valence electrons. The number of benzene rings is 3. The van der Waals surface area contributed by atoms with Crippen LogP contribution in [0.4, 0.5) is 0 Å². The number of carbonyl (C=O) groups is 1. The molecule has 0 spiro atoms. The second kappa shape index (κ2) is 9.63. The summed E-state index contributed by atoms with van der Waals surface area (Å²) in [6.45, 7) is 2.97. The number of hydrogen-bond acceptors (Lipinski definition) is 3. The Hall–Kier alpha value is -3.37. The van der Waals surface area contributed by atoms with Crippen molar-refractivity contribution in [1.29, 1.82) is 0 Å². The number of carbonyl (C=O) groups excluding carboxylic acids is 1. The highest BCUT2D eigenvalue weighted by atomic mass is 35.5. The van der Waals surface area contributed by atoms with Crippen LogP contribution < -0.4 is 10.1 Å². The van der Waals surface area contributed by atoms with Crippen LogP contribution in [0, 0.1) is 6.92 Å². The molecular weight excluding hydrogens is 408 g/mol. The van der Waals surface area contributed by atoms with Crippen LogP contribution in [0.5, 0.6) is 5.88 Å². The maximum absolute atomic E-state index is 13.0. The van der Waals surface area contributed by atoms with Crippen molar-refractivity contribution in [2.45, 2.75) is 20.0 Å². The zero-order valence-corrected chi connectivity index (χ0v) is 18.0. The molecule has 5 heteroatoms. The van der Waals surface area contributed by atoms with E-state index in [0.29, 0.717) is 29.6 Å². The summed E-state index contributed by atoms with van der Waals surface area (Å²) in [6, 6.07) is 25.1. The van der Waals surface area contributed by atoms with Crippen LogP contribution in [-0.4, -0.2) is 17.4 Å². The fourth-order valence-electron chi connectivity index (χ4n) is 3.32. The van der Waals surface area contributed by atoms with Crippen molar-refractivity contribution >= 4 is 28.4 Å². The van der Waals surface area contributed by atoms with Crippen molar-refractivity contribution in [2.24, 2.45) is 0 Å². The monoisotopic (exact) mass is 430 g/mol. The Kier molecular flexibility index (Phi) is 6.48. The SMILES string of the molecule is Cc1ccc(COc2cc(C(=O)NCCc3ccc(Cl)cc3)c3ccccc3n2)cc1. The molecule has 0 atom stereocenters. The smallest absolute Gasteiger partial charge is 0.252 e. The second-order valence-electron chi connectivity index (χ2n) is 7.43. The van der Waals surface area contributed by atoms with Gasteiger partial charge in [-0.05, 0) is 42.7 Å². The maximum atomic E-state index is 13.0. The number of ether oxygens (including phenoxy) is 1. The summed E-state index contributed by atoms with van der Waals surface area (Å²) < 4.78 is 5.91. The summed E-state index contributed by atoms with van der Waals surface area (Å²) in [7, 11) is 0. The number of amides is 1. The van der Waals surface area contributed by atoms with Crippen molar-refractivity contribution in [3.63, 3.8) is 0 Å². The van der Waals surface area contributed by atoms with E-state index in [2.05, 4.69) is 10.3 Å². The minimum Gasteiger partial charge on any atom is -0.473 e. The van der Waals surface area contributed by atoms with Gasteiger partial charge in [0.2, 0.25) is 5.88 Å². The van der Waals surface area contributed by atoms with E-state index in [1.807, 2.05) is 79.7 Å². The van der Waals surface area contributed by atoms with Gasteiger partial charge >= 0.3 is 0 Å². The van der Waals surface area contributed by atoms with E-state index in [9.17, 15) is 4.79 Å². The molecule has 4 nitrogen and oxygen atoms in total. The number of para-hydroxylation sites is 1. The highest BCUT2D eigenvalue weighted by Crippen LogP contribution is 2.23. The molecule has 1 heterocycles. The van der Waals surface area contributed by atoms with Crippen LogP contribution in [0.1, 0.15) is 27.0 Å². The van der Waals surface area contributed by atoms with Crippen LogP contribution in [0.2, 0.25) is 5.02 Å². The third kappa shape index (κ3) is 5.41. The average Bonchev–Trinajstić information content (AvgIpc) is 2.79. The van der Waals surface area contributed by atoms with Gasteiger partial charge in [-0.25, -0.2) is 4.98 Å². The molecule has 31 heavy (non-hydrogen) atoms. The molecule has 4 rings (SSSR count). The van der Waals surface area contributed by atoms with Gasteiger partial charge in [-0.1, -0.05) is 71.8 Å². The highest BCUT2D eigenvalue weighted by molar-refractivity contribution is 6.30. The lowest BCUT2D eigenvalue weighted by molar-refractivity contribution is 0.0955. The standard InChI is InChI=1S/C26H23ClN2O2/c1-18-6-8-20(9-7-18)17-31-25-16-23(22-4-2-3-5-24(22)29-25)26(30)28-15-14-19-10-12-21(27)13-11-19/h2-13,16H,14-15,17H2,1H3,(H,28,30). The first kappa shape index (κ1) is 20.9. The number of hydrogen-bond donors (Lipinski definition) is 1. The normalized spacial score (nSPS) is 10.8. The number of nitrogens with zero attached hydrogens (tertiary/aromatic N) is 1. The Balaban J connectivity index is 1.49. The predicted molar refractivity (Wildman–Crippen MR) is 125 cm³/mol. The van der Waals surface area contributed by atoms with E-state index < -0.39 is 0 Å². The van der Waals surface area contributed by atoms with Crippen molar-refractivity contribution in [2.75, 3.05) is 6.54 Å². The molecule has 3 aromatic carbocycles. The van der Waals surface area contributed by atoms with Crippen LogP contribution in [0.25, 0.3) is 10.9 Å². The van der Waals surface area contributed by atoms with Gasteiger partial charge in [0, 0.05) is 23.0 Å². The molecule has 0 saturated heterocycles. The maximum Gasteiger partial charge on any atom is 0.252 e. The second-order valence-corrected chi connectivity index (χ2v) is 7.87. The molecule has 0 fully saturated rings. The molecule has 4 aromatic rings. The molecule has 1 aromatic heterocycles. The van der Waals surface area contributed by atoms with Gasteiger partial charge < -0.3 is 10.1 Å². The number of aryl methyl sites for hydroxylation is 1. The molecule has 0 unspecified atom stereocenters. The summed E-state index contributed by atoms with van der Waals surface area (Å²) in [5.41, 5.74) is 4.65. The van der Waals surface area contributed by atoms with E-state index in [4.69, 9.17) is 16.3 Å². The zero-order valence-electron chi connectivity index (χ0n) is 17.3. The van der Waals surface area contributed by atoms with Crippen LogP contribution in [0.3, 0.4) is 0 Å². The summed E-state index contributed by atoms with van der Waals surface area (Å²) in [5, 5.41) is 4.51. The molecule has 0 radical (unpaired) electrons. The van der Waals surface area contributed by atoms with E-state index in [-0.39, 0.29) is 5.91 Å². The lowest BCUT2D eigenvalue weighted by atomic mass is 10.1. The van der Waals surface area contributed by atoms with Crippen molar-refractivity contribution < 1.29 is 9.53 Å². The molecule has 0 bridgehead atoms. The molecule has 0 aliphatic carbocycles. The highest BCUT2D eigenvalue weighted by Gasteiger charge is 2.13. The first-order valence-electron chi connectivity index (χ1n) is 10.2. The largest absolute Gasteiger partial charge is 0.473 e. The lowest BCUT2D eigenvalue weighted by Gasteiger charge is -2.12. The quantitative estimate of drug-likeness (QED) is 0.406. The first-order valence-corrected chi connectivity index (χ1v) is 10.6. The Morgan fingerprint density at radius 1 is 0.968 bits per heavy atom. The number of halogens is 1. The van der Waals surface area contributed by atoms with Gasteiger partial charge in [0.05, 0.1) is 11.1 Å². The number of fused-ring (bicyclic) bond motifs is 1. The topological polar surface area (TPSA) is 51.2 Å². The third-order valence-electron chi connectivity index (χ3n) is 5.06. The van der Waals surface area contributed by atoms with Gasteiger partial charge in [0.1, 0.15) is 6.61 Å². The van der Waals surface area contributed by atoms with Gasteiger partial charge in [-0.2, -0.15) is 0 Å². The van der Waals surface area contributed by atoms with E-state index >= 15 is 0 Å². The molecule has 1 N–H and O–H groups in total. The van der Waals surface area contributed by atoms with Gasteiger partial charge in [-0.15, -0.1) is 0 Å². The molecule has 0 aliphatic rings. The number of nitrogens with one attached hydrogen (secondary N) is 1. The van der Waals surface area contributed by atoms with Crippen LogP contribution >= 0.6 is 11.6 Å². The van der Waals surface area contributed by atoms with Crippen molar-refractivity contribution in [1.82, 2.24) is 10.3 Å². The summed E-state index contributed by atoms with van der Waals surface area (Å²) in [6.07, 6.45) is 0.725. The lowest BCUT2D eigenvalue weighted by Crippen LogP contribution is -2.26. The summed E-state index contributed by atoms with van der Waals surface area (Å²) >= 11 is 5.93. The summed E-state index contributed by atoms with van der Waals surface area (Å²) in [4.78, 5) is 17.5. The third-order valence-corrected chi connectivity index (χ3v) is 5.31. The zero-order chi connectivity index (χ0) is 21.6. The van der Waals surface area contributed by atoms with Crippen molar-refractivity contribution in [3.05, 3.63) is 106 Å². The Morgan fingerprint density at radius 2 is 1.68 bits per heavy atom. The number of pyridine rings is 1. The molecule has 1 amide bonds. The minimum absolute atomic E-state index is 0.146. The van der Waals surface area contributed by atoms with Crippen molar-refractivity contribution in [3.8, 4) is 5.88 Å². The number of rotatable bonds is 7.